The second-order valence-electron chi connectivity index (χ2n) is 4.75. The highest BCUT2D eigenvalue weighted by Gasteiger charge is 2.28. The molecule has 0 saturated carbocycles. The van der Waals surface area contributed by atoms with Crippen molar-refractivity contribution in [3.05, 3.63) is 34.3 Å². The van der Waals surface area contributed by atoms with Gasteiger partial charge in [-0.15, -0.1) is 0 Å². The average molecular weight is 299 g/mol. The Morgan fingerprint density at radius 2 is 2.41 bits per heavy atom. The van der Waals surface area contributed by atoms with Gasteiger partial charge >= 0.3 is 0 Å². The zero-order valence-electron chi connectivity index (χ0n) is 10.0. The summed E-state index contributed by atoms with van der Waals surface area (Å²) in [7, 11) is 0. The molecule has 0 aliphatic carbocycles. The van der Waals surface area contributed by atoms with Gasteiger partial charge in [0, 0.05) is 16.4 Å². The molecule has 0 radical (unpaired) electrons. The van der Waals surface area contributed by atoms with Crippen LogP contribution >= 0.6 is 15.9 Å². The topological polar surface area (TPSA) is 47.3 Å². The molecule has 3 nitrogen and oxygen atoms in total. The largest absolute Gasteiger partial charge is 0.378 e. The summed E-state index contributed by atoms with van der Waals surface area (Å²) >= 11 is 3.49. The van der Waals surface area contributed by atoms with Gasteiger partial charge in [0.05, 0.1) is 12.7 Å². The molecule has 1 aliphatic rings. The van der Waals surface area contributed by atoms with Crippen molar-refractivity contribution in [2.75, 3.05) is 6.61 Å². The molecule has 17 heavy (non-hydrogen) atoms. The van der Waals surface area contributed by atoms with E-state index >= 15 is 0 Å². The Morgan fingerprint density at radius 3 is 3.00 bits per heavy atom. The van der Waals surface area contributed by atoms with Crippen LogP contribution in [0.15, 0.2) is 28.7 Å². The maximum atomic E-state index is 5.67. The van der Waals surface area contributed by atoms with E-state index in [1.54, 1.807) is 0 Å². The summed E-state index contributed by atoms with van der Waals surface area (Å²) in [5, 5.41) is 0. The molecule has 2 rings (SSSR count). The van der Waals surface area contributed by atoms with E-state index in [4.69, 9.17) is 10.6 Å². The lowest BCUT2D eigenvalue weighted by atomic mass is 9.92. The molecule has 3 atom stereocenters. The van der Waals surface area contributed by atoms with E-state index in [2.05, 4.69) is 46.5 Å². The number of rotatable bonds is 4. The Morgan fingerprint density at radius 1 is 1.59 bits per heavy atom. The van der Waals surface area contributed by atoms with Gasteiger partial charge < -0.3 is 4.74 Å². The van der Waals surface area contributed by atoms with Gasteiger partial charge in [0.1, 0.15) is 0 Å². The number of halogens is 1. The Balaban J connectivity index is 2.00. The third-order valence-corrected chi connectivity index (χ3v) is 3.85. The molecule has 1 heterocycles. The first-order valence-corrected chi connectivity index (χ1v) is 6.80. The summed E-state index contributed by atoms with van der Waals surface area (Å²) in [5.74, 6) is 6.17. The highest BCUT2D eigenvalue weighted by atomic mass is 79.9. The van der Waals surface area contributed by atoms with Crippen molar-refractivity contribution >= 4 is 15.9 Å². The molecule has 0 aromatic heterocycles. The number of ether oxygens (including phenoxy) is 1. The highest BCUT2D eigenvalue weighted by Crippen LogP contribution is 2.24. The number of hydrogen-bond acceptors (Lipinski definition) is 3. The quantitative estimate of drug-likeness (QED) is 0.662. The fourth-order valence-electron chi connectivity index (χ4n) is 2.41. The first-order chi connectivity index (χ1) is 8.19. The first-order valence-electron chi connectivity index (χ1n) is 6.01. The molecular formula is C13H19BrN2O. The SMILES string of the molecule is CC1CC(C(Cc2cccc(Br)c2)NN)CO1. The highest BCUT2D eigenvalue weighted by molar-refractivity contribution is 9.10. The van der Waals surface area contributed by atoms with Gasteiger partial charge in [-0.05, 0) is 37.5 Å². The van der Waals surface area contributed by atoms with E-state index in [9.17, 15) is 0 Å². The number of nitrogens with one attached hydrogen (secondary N) is 1. The molecular weight excluding hydrogens is 280 g/mol. The van der Waals surface area contributed by atoms with Crippen molar-refractivity contribution in [3.8, 4) is 0 Å². The fraction of sp³-hybridized carbons (Fsp3) is 0.538. The van der Waals surface area contributed by atoms with Crippen LogP contribution in [-0.4, -0.2) is 18.8 Å². The van der Waals surface area contributed by atoms with Gasteiger partial charge in [-0.2, -0.15) is 0 Å². The van der Waals surface area contributed by atoms with E-state index in [1.807, 2.05) is 6.07 Å². The van der Waals surface area contributed by atoms with Crippen molar-refractivity contribution < 1.29 is 4.74 Å². The van der Waals surface area contributed by atoms with Gasteiger partial charge in [0.2, 0.25) is 0 Å². The Labute approximate surface area is 111 Å². The lowest BCUT2D eigenvalue weighted by molar-refractivity contribution is 0.117. The smallest absolute Gasteiger partial charge is 0.0551 e. The minimum atomic E-state index is 0.286. The predicted molar refractivity (Wildman–Crippen MR) is 72.5 cm³/mol. The van der Waals surface area contributed by atoms with Crippen molar-refractivity contribution in [1.82, 2.24) is 5.43 Å². The van der Waals surface area contributed by atoms with Crippen LogP contribution in [-0.2, 0) is 11.2 Å². The fourth-order valence-corrected chi connectivity index (χ4v) is 2.86. The Kier molecular flexibility index (Phi) is 4.56. The van der Waals surface area contributed by atoms with Crippen molar-refractivity contribution in [2.24, 2.45) is 11.8 Å². The zero-order chi connectivity index (χ0) is 12.3. The summed E-state index contributed by atoms with van der Waals surface area (Å²) in [6, 6.07) is 8.66. The van der Waals surface area contributed by atoms with Gasteiger partial charge in [-0.1, -0.05) is 28.1 Å². The van der Waals surface area contributed by atoms with Crippen LogP contribution in [0.25, 0.3) is 0 Å². The average Bonchev–Trinajstić information content (AvgIpc) is 2.73. The van der Waals surface area contributed by atoms with Crippen molar-refractivity contribution in [1.29, 1.82) is 0 Å². The van der Waals surface area contributed by atoms with Crippen molar-refractivity contribution in [2.45, 2.75) is 31.9 Å². The standard InChI is InChI=1S/C13H19BrN2O/c1-9-5-11(8-17-9)13(16-15)7-10-3-2-4-12(14)6-10/h2-4,6,9,11,13,16H,5,7-8,15H2,1H3. The number of benzene rings is 1. The number of hydrazine groups is 1. The molecule has 3 N–H and O–H groups in total. The minimum absolute atomic E-state index is 0.286. The van der Waals surface area contributed by atoms with E-state index in [-0.39, 0.29) is 6.04 Å². The summed E-state index contributed by atoms with van der Waals surface area (Å²) in [6.07, 6.45) is 2.39. The van der Waals surface area contributed by atoms with Crippen LogP contribution in [0.2, 0.25) is 0 Å². The molecule has 0 amide bonds. The van der Waals surface area contributed by atoms with Gasteiger partial charge in [-0.3, -0.25) is 11.3 Å². The van der Waals surface area contributed by atoms with Crippen LogP contribution in [0.3, 0.4) is 0 Å². The molecule has 0 spiro atoms. The minimum Gasteiger partial charge on any atom is -0.378 e. The van der Waals surface area contributed by atoms with Crippen LogP contribution in [0.1, 0.15) is 18.9 Å². The summed E-state index contributed by atoms with van der Waals surface area (Å²) in [6.45, 7) is 2.93. The van der Waals surface area contributed by atoms with Gasteiger partial charge in [0.15, 0.2) is 0 Å². The van der Waals surface area contributed by atoms with E-state index in [0.717, 1.165) is 23.9 Å². The van der Waals surface area contributed by atoms with Crippen LogP contribution in [0.4, 0.5) is 0 Å². The van der Waals surface area contributed by atoms with E-state index in [1.165, 1.54) is 5.56 Å². The molecule has 1 saturated heterocycles. The third kappa shape index (κ3) is 3.52. The zero-order valence-corrected chi connectivity index (χ0v) is 11.6. The maximum Gasteiger partial charge on any atom is 0.0551 e. The van der Waals surface area contributed by atoms with E-state index in [0.29, 0.717) is 12.0 Å². The summed E-state index contributed by atoms with van der Waals surface area (Å²) in [5.41, 5.74) is 4.23. The predicted octanol–water partition coefficient (Wildman–Crippen LogP) is 2.25. The second kappa shape index (κ2) is 5.96. The maximum absolute atomic E-state index is 5.67. The third-order valence-electron chi connectivity index (χ3n) is 3.36. The van der Waals surface area contributed by atoms with Crippen LogP contribution in [0.5, 0.6) is 0 Å². The van der Waals surface area contributed by atoms with Gasteiger partial charge in [0.25, 0.3) is 0 Å². The monoisotopic (exact) mass is 298 g/mol. The Bertz CT molecular complexity index is 372. The summed E-state index contributed by atoms with van der Waals surface area (Å²) < 4.78 is 6.72. The lowest BCUT2D eigenvalue weighted by Crippen LogP contribution is -2.42. The molecule has 4 heteroatoms. The molecule has 1 aromatic rings. The van der Waals surface area contributed by atoms with Crippen LogP contribution < -0.4 is 11.3 Å². The van der Waals surface area contributed by atoms with Crippen LogP contribution in [0, 0.1) is 5.92 Å². The summed E-state index contributed by atoms with van der Waals surface area (Å²) in [4.78, 5) is 0. The lowest BCUT2D eigenvalue weighted by Gasteiger charge is -2.21. The number of hydrogen-bond donors (Lipinski definition) is 2. The van der Waals surface area contributed by atoms with Gasteiger partial charge in [-0.25, -0.2) is 0 Å². The molecule has 1 fully saturated rings. The molecule has 94 valence electrons. The first kappa shape index (κ1) is 13.0. The molecule has 1 aromatic carbocycles. The normalized spacial score (nSPS) is 26.1. The van der Waals surface area contributed by atoms with E-state index < -0.39 is 0 Å². The molecule has 3 unspecified atom stereocenters. The Hall–Kier alpha value is -0.420. The second-order valence-corrected chi connectivity index (χ2v) is 5.66. The van der Waals surface area contributed by atoms with Crippen molar-refractivity contribution in [3.63, 3.8) is 0 Å². The molecule has 0 bridgehead atoms. The molecule has 1 aliphatic heterocycles. The number of nitrogens with two attached hydrogens (primary N) is 1.